The van der Waals surface area contributed by atoms with Crippen molar-refractivity contribution in [2.75, 3.05) is 0 Å². The lowest BCUT2D eigenvalue weighted by Crippen LogP contribution is -2.00. The zero-order valence-corrected chi connectivity index (χ0v) is 24.2. The number of aromatic nitrogens is 4. The topological polar surface area (TPSA) is 67.4 Å². The normalized spacial score (nSPS) is 11.1. The minimum Gasteiger partial charge on any atom is -0.309 e. The Bertz CT molecular complexity index is 2350. The largest absolute Gasteiger partial charge is 0.309 e. The molecule has 2 heterocycles. The van der Waals surface area contributed by atoms with Crippen molar-refractivity contribution in [3.63, 3.8) is 0 Å². The van der Waals surface area contributed by atoms with Crippen LogP contribution in [0, 0.1) is 11.3 Å². The lowest BCUT2D eigenvalue weighted by atomic mass is 10.0. The molecule has 0 bridgehead atoms. The third kappa shape index (κ3) is 4.71. The third-order valence-corrected chi connectivity index (χ3v) is 8.10. The number of fused-ring (bicyclic) bond motifs is 3. The van der Waals surface area contributed by atoms with Gasteiger partial charge in [-0.25, -0.2) is 15.0 Å². The first-order valence-electron chi connectivity index (χ1n) is 14.8. The molecular formula is C40H25N5. The molecule has 2 aromatic heterocycles. The first-order chi connectivity index (χ1) is 22.3. The van der Waals surface area contributed by atoms with Crippen LogP contribution in [-0.4, -0.2) is 19.5 Å². The molecule has 8 aromatic rings. The van der Waals surface area contributed by atoms with Crippen molar-refractivity contribution in [1.82, 2.24) is 19.5 Å². The van der Waals surface area contributed by atoms with Gasteiger partial charge in [0.15, 0.2) is 17.5 Å². The standard InChI is InChI=1S/C40H25N5/c41-26-27-18-20-30(21-19-27)39-42-38(29-10-3-1-4-11-29)43-40(44-39)31-24-22-28(23-25-31)33-15-9-16-35-34-14-7-8-17-36(34)45(37(33)35)32-12-5-2-6-13-32/h1-25H. The summed E-state index contributed by atoms with van der Waals surface area (Å²) < 4.78 is 2.36. The number of hydrogen-bond acceptors (Lipinski definition) is 4. The molecule has 0 aliphatic rings. The van der Waals surface area contributed by atoms with Gasteiger partial charge in [0.05, 0.1) is 22.7 Å². The Kier molecular flexibility index (Phi) is 6.44. The summed E-state index contributed by atoms with van der Waals surface area (Å²) in [7, 11) is 0. The van der Waals surface area contributed by atoms with Crippen LogP contribution >= 0.6 is 0 Å². The Morgan fingerprint density at radius 3 is 1.60 bits per heavy atom. The first-order valence-corrected chi connectivity index (χ1v) is 14.8. The molecule has 0 aliphatic carbocycles. The summed E-state index contributed by atoms with van der Waals surface area (Å²) in [5.74, 6) is 1.75. The Morgan fingerprint density at radius 2 is 0.956 bits per heavy atom. The molecule has 8 rings (SSSR count). The Hall–Kier alpha value is -6.38. The number of para-hydroxylation sites is 3. The van der Waals surface area contributed by atoms with E-state index in [1.54, 1.807) is 12.1 Å². The quantitative estimate of drug-likeness (QED) is 0.205. The zero-order valence-electron chi connectivity index (χ0n) is 24.2. The van der Waals surface area contributed by atoms with E-state index in [9.17, 15) is 5.26 Å². The average molecular weight is 576 g/mol. The smallest absolute Gasteiger partial charge is 0.164 e. The molecule has 210 valence electrons. The molecule has 0 radical (unpaired) electrons. The van der Waals surface area contributed by atoms with Gasteiger partial charge < -0.3 is 4.57 Å². The van der Waals surface area contributed by atoms with Crippen LogP contribution in [0.15, 0.2) is 152 Å². The average Bonchev–Trinajstić information content (AvgIpc) is 3.47. The van der Waals surface area contributed by atoms with Gasteiger partial charge in [-0.15, -0.1) is 0 Å². The molecule has 0 atom stereocenters. The minimum absolute atomic E-state index is 0.560. The highest BCUT2D eigenvalue weighted by atomic mass is 15.0. The van der Waals surface area contributed by atoms with Gasteiger partial charge in [-0.2, -0.15) is 5.26 Å². The molecule has 0 saturated carbocycles. The number of benzene rings is 6. The van der Waals surface area contributed by atoms with Gasteiger partial charge in [-0.3, -0.25) is 0 Å². The van der Waals surface area contributed by atoms with E-state index in [4.69, 9.17) is 15.0 Å². The fourth-order valence-electron chi connectivity index (χ4n) is 5.94. The second-order valence-electron chi connectivity index (χ2n) is 10.8. The summed E-state index contributed by atoms with van der Waals surface area (Å²) in [6, 6.07) is 53.5. The maximum Gasteiger partial charge on any atom is 0.164 e. The predicted octanol–water partition coefficient (Wildman–Crippen LogP) is 9.51. The van der Waals surface area contributed by atoms with Crippen LogP contribution in [-0.2, 0) is 0 Å². The van der Waals surface area contributed by atoms with E-state index < -0.39 is 0 Å². The van der Waals surface area contributed by atoms with Gasteiger partial charge in [0.1, 0.15) is 0 Å². The number of nitrogens with zero attached hydrogens (tertiary/aromatic N) is 5. The van der Waals surface area contributed by atoms with E-state index >= 15 is 0 Å². The fraction of sp³-hybridized carbons (Fsp3) is 0. The summed E-state index contributed by atoms with van der Waals surface area (Å²) in [6.45, 7) is 0. The molecule has 6 aromatic carbocycles. The molecule has 0 fully saturated rings. The van der Waals surface area contributed by atoms with Gasteiger partial charge in [0, 0.05) is 38.7 Å². The second-order valence-corrected chi connectivity index (χ2v) is 10.8. The SMILES string of the molecule is N#Cc1ccc(-c2nc(-c3ccccc3)nc(-c3ccc(-c4cccc5c6ccccc6n(-c6ccccc6)c45)cc3)n2)cc1. The molecule has 0 N–H and O–H groups in total. The van der Waals surface area contributed by atoms with Crippen molar-refractivity contribution in [2.24, 2.45) is 0 Å². The van der Waals surface area contributed by atoms with Crippen LogP contribution in [0.3, 0.4) is 0 Å². The van der Waals surface area contributed by atoms with E-state index in [-0.39, 0.29) is 0 Å². The minimum atomic E-state index is 0.560. The summed E-state index contributed by atoms with van der Waals surface area (Å²) in [5, 5.41) is 11.7. The Balaban J connectivity index is 1.27. The molecule has 0 aliphatic heterocycles. The first kappa shape index (κ1) is 26.3. The number of hydrogen-bond donors (Lipinski definition) is 0. The van der Waals surface area contributed by atoms with Crippen molar-refractivity contribution >= 4 is 21.8 Å². The van der Waals surface area contributed by atoms with Crippen molar-refractivity contribution in [2.45, 2.75) is 0 Å². The van der Waals surface area contributed by atoms with Gasteiger partial charge >= 0.3 is 0 Å². The van der Waals surface area contributed by atoms with Gasteiger partial charge in [-0.1, -0.05) is 109 Å². The number of rotatable bonds is 5. The summed E-state index contributed by atoms with van der Waals surface area (Å²) in [6.07, 6.45) is 0. The van der Waals surface area contributed by atoms with Gasteiger partial charge in [-0.05, 0) is 48.0 Å². The van der Waals surface area contributed by atoms with Crippen molar-refractivity contribution in [1.29, 1.82) is 5.26 Å². The number of nitriles is 1. The molecule has 0 spiro atoms. The highest BCUT2D eigenvalue weighted by molar-refractivity contribution is 6.13. The van der Waals surface area contributed by atoms with E-state index in [0.717, 1.165) is 33.5 Å². The maximum atomic E-state index is 9.27. The van der Waals surface area contributed by atoms with Crippen LogP contribution in [0.4, 0.5) is 0 Å². The van der Waals surface area contributed by atoms with Crippen LogP contribution in [0.1, 0.15) is 5.56 Å². The van der Waals surface area contributed by atoms with Crippen LogP contribution in [0.25, 0.3) is 72.8 Å². The summed E-state index contributed by atoms with van der Waals surface area (Å²) in [4.78, 5) is 14.6. The van der Waals surface area contributed by atoms with E-state index in [1.807, 2.05) is 48.5 Å². The summed E-state index contributed by atoms with van der Waals surface area (Å²) >= 11 is 0. The fourth-order valence-corrected chi connectivity index (χ4v) is 5.94. The van der Waals surface area contributed by atoms with Crippen molar-refractivity contribution in [3.05, 3.63) is 157 Å². The summed E-state index contributed by atoms with van der Waals surface area (Å²) in [5.41, 5.74) is 8.95. The molecule has 0 unspecified atom stereocenters. The molecule has 5 heteroatoms. The van der Waals surface area contributed by atoms with E-state index in [2.05, 4.69) is 102 Å². The third-order valence-electron chi connectivity index (χ3n) is 8.10. The van der Waals surface area contributed by atoms with Crippen LogP contribution in [0.5, 0.6) is 0 Å². The highest BCUT2D eigenvalue weighted by Gasteiger charge is 2.17. The molecule has 0 amide bonds. The predicted molar refractivity (Wildman–Crippen MR) is 181 cm³/mol. The van der Waals surface area contributed by atoms with E-state index in [0.29, 0.717) is 23.0 Å². The van der Waals surface area contributed by atoms with Crippen LogP contribution in [0.2, 0.25) is 0 Å². The monoisotopic (exact) mass is 575 g/mol. The zero-order chi connectivity index (χ0) is 30.2. The molecule has 45 heavy (non-hydrogen) atoms. The van der Waals surface area contributed by atoms with Crippen molar-refractivity contribution in [3.8, 4) is 57.0 Å². The molecule has 0 saturated heterocycles. The maximum absolute atomic E-state index is 9.27. The molecule has 5 nitrogen and oxygen atoms in total. The van der Waals surface area contributed by atoms with E-state index in [1.165, 1.54) is 21.8 Å². The Morgan fingerprint density at radius 1 is 0.444 bits per heavy atom. The lowest BCUT2D eigenvalue weighted by Gasteiger charge is -2.12. The van der Waals surface area contributed by atoms with Crippen LogP contribution < -0.4 is 0 Å². The molecular weight excluding hydrogens is 550 g/mol. The second kappa shape index (κ2) is 11.0. The van der Waals surface area contributed by atoms with Crippen molar-refractivity contribution < 1.29 is 0 Å². The lowest BCUT2D eigenvalue weighted by molar-refractivity contribution is 1.07. The van der Waals surface area contributed by atoms with Gasteiger partial charge in [0.25, 0.3) is 0 Å². The van der Waals surface area contributed by atoms with Gasteiger partial charge in [0.2, 0.25) is 0 Å². The Labute approximate surface area is 260 Å². The highest BCUT2D eigenvalue weighted by Crippen LogP contribution is 2.38.